The van der Waals surface area contributed by atoms with Crippen LogP contribution in [0.3, 0.4) is 0 Å². The van der Waals surface area contributed by atoms with Gasteiger partial charge < -0.3 is 5.32 Å². The lowest BCUT2D eigenvalue weighted by Gasteiger charge is -2.13. The molecule has 19 heavy (non-hydrogen) atoms. The van der Waals surface area contributed by atoms with Gasteiger partial charge in [-0.3, -0.25) is 4.79 Å². The quantitative estimate of drug-likeness (QED) is 0.845. The number of alkyl halides is 1. The number of aromatic nitrogens is 2. The van der Waals surface area contributed by atoms with Crippen molar-refractivity contribution in [1.82, 2.24) is 9.78 Å². The first kappa shape index (κ1) is 14.3. The van der Waals surface area contributed by atoms with Crippen LogP contribution in [0.5, 0.6) is 0 Å². The normalized spacial score (nSPS) is 21.5. The number of rotatable bonds is 4. The third-order valence-corrected chi connectivity index (χ3v) is 4.94. The number of halogens is 1. The number of anilines is 1. The van der Waals surface area contributed by atoms with Crippen LogP contribution in [-0.4, -0.2) is 41.5 Å². The number of hydrogen-bond donors (Lipinski definition) is 1. The van der Waals surface area contributed by atoms with Crippen LogP contribution in [0, 0.1) is 6.92 Å². The fourth-order valence-electron chi connectivity index (χ4n) is 2.15. The fraction of sp³-hybridized carbons (Fsp3) is 0.636. The highest BCUT2D eigenvalue weighted by atomic mass is 35.5. The molecule has 1 aromatic heterocycles. The van der Waals surface area contributed by atoms with Crippen molar-refractivity contribution in [2.75, 3.05) is 22.7 Å². The Bertz CT molecular complexity index is 582. The molecule has 1 aliphatic rings. The molecule has 1 fully saturated rings. The van der Waals surface area contributed by atoms with Gasteiger partial charge in [-0.15, -0.1) is 11.6 Å². The van der Waals surface area contributed by atoms with Crippen LogP contribution >= 0.6 is 11.6 Å². The topological polar surface area (TPSA) is 81.1 Å². The highest BCUT2D eigenvalue weighted by Gasteiger charge is 2.31. The zero-order chi connectivity index (χ0) is 14.0. The largest absolute Gasteiger partial charge is 0.311 e. The molecule has 1 N–H and O–H groups in total. The summed E-state index contributed by atoms with van der Waals surface area (Å²) in [5.74, 6) is 0.834. The van der Waals surface area contributed by atoms with Crippen molar-refractivity contribution in [1.29, 1.82) is 0 Å². The molecule has 0 radical (unpaired) electrons. The van der Waals surface area contributed by atoms with Crippen LogP contribution in [0.2, 0.25) is 0 Å². The predicted molar refractivity (Wildman–Crippen MR) is 73.2 cm³/mol. The summed E-state index contributed by atoms with van der Waals surface area (Å²) in [5, 5.41) is 6.99. The van der Waals surface area contributed by atoms with E-state index in [9.17, 15) is 13.2 Å². The second-order valence-electron chi connectivity index (χ2n) is 4.66. The third kappa shape index (κ3) is 3.48. The van der Waals surface area contributed by atoms with Crippen molar-refractivity contribution in [2.45, 2.75) is 25.8 Å². The van der Waals surface area contributed by atoms with Crippen molar-refractivity contribution < 1.29 is 13.2 Å². The first-order valence-corrected chi connectivity index (χ1v) is 8.39. The van der Waals surface area contributed by atoms with Gasteiger partial charge in [0.15, 0.2) is 9.84 Å². The second-order valence-corrected chi connectivity index (χ2v) is 7.27. The minimum Gasteiger partial charge on any atom is -0.311 e. The summed E-state index contributed by atoms with van der Waals surface area (Å²) < 4.78 is 24.6. The van der Waals surface area contributed by atoms with Crippen molar-refractivity contribution in [3.63, 3.8) is 0 Å². The van der Waals surface area contributed by atoms with E-state index in [2.05, 4.69) is 10.4 Å². The number of carbonyl (C=O) groups excluding carboxylic acids is 1. The van der Waals surface area contributed by atoms with Gasteiger partial charge in [0.1, 0.15) is 5.82 Å². The van der Waals surface area contributed by atoms with E-state index in [-0.39, 0.29) is 35.8 Å². The van der Waals surface area contributed by atoms with Crippen molar-refractivity contribution in [2.24, 2.45) is 0 Å². The number of nitrogens with zero attached hydrogens (tertiary/aromatic N) is 2. The lowest BCUT2D eigenvalue weighted by atomic mass is 10.3. The SMILES string of the molecule is Cc1cc(NC(=O)CCCl)n(C2CCS(=O)(=O)C2)n1. The fourth-order valence-corrected chi connectivity index (χ4v) is 4.01. The monoisotopic (exact) mass is 305 g/mol. The molecular weight excluding hydrogens is 290 g/mol. The molecule has 1 aliphatic heterocycles. The number of nitrogens with one attached hydrogen (secondary N) is 1. The lowest BCUT2D eigenvalue weighted by Crippen LogP contribution is -2.19. The lowest BCUT2D eigenvalue weighted by molar-refractivity contribution is -0.115. The van der Waals surface area contributed by atoms with Gasteiger partial charge in [0.25, 0.3) is 0 Å². The van der Waals surface area contributed by atoms with Gasteiger partial charge in [-0.05, 0) is 13.3 Å². The van der Waals surface area contributed by atoms with E-state index in [1.165, 1.54) is 0 Å². The maximum absolute atomic E-state index is 11.6. The summed E-state index contributed by atoms with van der Waals surface area (Å²) in [6.07, 6.45) is 0.747. The maximum atomic E-state index is 11.6. The van der Waals surface area contributed by atoms with Gasteiger partial charge in [0, 0.05) is 18.4 Å². The molecule has 1 saturated heterocycles. The predicted octanol–water partition coefficient (Wildman–Crippen LogP) is 1.12. The minimum absolute atomic E-state index is 0.0759. The van der Waals surface area contributed by atoms with Gasteiger partial charge >= 0.3 is 0 Å². The standard InChI is InChI=1S/C11H16ClN3O3S/c1-8-6-10(13-11(16)2-4-12)15(14-8)9-3-5-19(17,18)7-9/h6,9H,2-5,7H2,1H3,(H,13,16). The molecule has 2 rings (SSSR count). The molecule has 106 valence electrons. The maximum Gasteiger partial charge on any atom is 0.226 e. The van der Waals surface area contributed by atoms with E-state index in [0.717, 1.165) is 5.69 Å². The van der Waals surface area contributed by atoms with E-state index in [1.54, 1.807) is 17.7 Å². The number of carbonyl (C=O) groups is 1. The van der Waals surface area contributed by atoms with Gasteiger partial charge in [-0.25, -0.2) is 13.1 Å². The van der Waals surface area contributed by atoms with Crippen LogP contribution in [0.1, 0.15) is 24.6 Å². The number of amides is 1. The van der Waals surface area contributed by atoms with Crippen LogP contribution in [0.4, 0.5) is 5.82 Å². The van der Waals surface area contributed by atoms with E-state index in [0.29, 0.717) is 12.2 Å². The highest BCUT2D eigenvalue weighted by molar-refractivity contribution is 7.91. The summed E-state index contributed by atoms with van der Waals surface area (Å²) in [6, 6.07) is 1.53. The molecule has 1 unspecified atom stereocenters. The number of sulfone groups is 1. The van der Waals surface area contributed by atoms with E-state index in [1.807, 2.05) is 0 Å². The number of hydrogen-bond acceptors (Lipinski definition) is 4. The smallest absolute Gasteiger partial charge is 0.226 e. The average Bonchev–Trinajstić information content (AvgIpc) is 2.82. The van der Waals surface area contributed by atoms with Gasteiger partial charge in [-0.2, -0.15) is 5.10 Å². The summed E-state index contributed by atoms with van der Waals surface area (Å²) in [4.78, 5) is 11.6. The van der Waals surface area contributed by atoms with E-state index in [4.69, 9.17) is 11.6 Å². The van der Waals surface area contributed by atoms with Crippen LogP contribution < -0.4 is 5.32 Å². The summed E-state index contributed by atoms with van der Waals surface area (Å²) >= 11 is 5.51. The molecule has 0 aliphatic carbocycles. The molecule has 1 aromatic rings. The second kappa shape index (κ2) is 5.50. The Labute approximate surface area is 117 Å². The van der Waals surface area contributed by atoms with Crippen molar-refractivity contribution >= 4 is 33.2 Å². The molecule has 8 heteroatoms. The van der Waals surface area contributed by atoms with E-state index >= 15 is 0 Å². The molecule has 2 heterocycles. The highest BCUT2D eigenvalue weighted by Crippen LogP contribution is 2.27. The molecule has 6 nitrogen and oxygen atoms in total. The van der Waals surface area contributed by atoms with Gasteiger partial charge in [0.2, 0.25) is 5.91 Å². The molecular formula is C11H16ClN3O3S. The Morgan fingerprint density at radius 3 is 2.95 bits per heavy atom. The van der Waals surface area contributed by atoms with Crippen LogP contribution in [-0.2, 0) is 14.6 Å². The Morgan fingerprint density at radius 1 is 1.63 bits per heavy atom. The molecule has 0 aromatic carbocycles. The first-order chi connectivity index (χ1) is 8.91. The Balaban J connectivity index is 2.19. The van der Waals surface area contributed by atoms with Crippen LogP contribution in [0.25, 0.3) is 0 Å². The molecule has 0 bridgehead atoms. The molecule has 0 saturated carbocycles. The van der Waals surface area contributed by atoms with Gasteiger partial charge in [-0.1, -0.05) is 0 Å². The summed E-state index contributed by atoms with van der Waals surface area (Å²) in [7, 11) is -2.98. The Hall–Kier alpha value is -1.08. The average molecular weight is 306 g/mol. The van der Waals surface area contributed by atoms with Crippen LogP contribution in [0.15, 0.2) is 6.07 Å². The summed E-state index contributed by atoms with van der Waals surface area (Å²) in [5.41, 5.74) is 0.741. The minimum atomic E-state index is -2.98. The third-order valence-electron chi connectivity index (χ3n) is 3.00. The van der Waals surface area contributed by atoms with E-state index < -0.39 is 9.84 Å². The molecule has 0 spiro atoms. The Kier molecular flexibility index (Phi) is 4.15. The first-order valence-electron chi connectivity index (χ1n) is 6.03. The van der Waals surface area contributed by atoms with Crippen molar-refractivity contribution in [3.05, 3.63) is 11.8 Å². The Morgan fingerprint density at radius 2 is 2.37 bits per heavy atom. The zero-order valence-electron chi connectivity index (χ0n) is 10.6. The molecule has 1 atom stereocenters. The number of aryl methyl sites for hydroxylation is 1. The summed E-state index contributed by atoms with van der Waals surface area (Å²) in [6.45, 7) is 1.80. The van der Waals surface area contributed by atoms with Crippen molar-refractivity contribution in [3.8, 4) is 0 Å². The molecule has 1 amide bonds. The zero-order valence-corrected chi connectivity index (χ0v) is 12.2. The van der Waals surface area contributed by atoms with Gasteiger partial charge in [0.05, 0.1) is 23.2 Å².